The number of hydrogen-bond donors (Lipinski definition) is 0. The van der Waals surface area contributed by atoms with Gasteiger partial charge >= 0.3 is 0 Å². The van der Waals surface area contributed by atoms with Crippen LogP contribution in [0.25, 0.3) is 0 Å². The molecule has 0 saturated heterocycles. The fourth-order valence-corrected chi connectivity index (χ4v) is 4.33. The Hall–Kier alpha value is -0.390. The molecular formula is C9H13NO2S2. The molecule has 1 saturated carbocycles. The van der Waals surface area contributed by atoms with Crippen LogP contribution in [-0.2, 0) is 10.0 Å². The van der Waals surface area contributed by atoms with Crippen LogP contribution in [0.3, 0.4) is 0 Å². The van der Waals surface area contributed by atoms with Crippen molar-refractivity contribution in [1.29, 1.82) is 0 Å². The van der Waals surface area contributed by atoms with E-state index >= 15 is 0 Å². The van der Waals surface area contributed by atoms with Crippen LogP contribution < -0.4 is 0 Å². The minimum Gasteiger partial charge on any atom is -0.206 e. The summed E-state index contributed by atoms with van der Waals surface area (Å²) in [4.78, 5) is 0. The number of hydrogen-bond acceptors (Lipinski definition) is 3. The Morgan fingerprint density at radius 3 is 2.71 bits per heavy atom. The van der Waals surface area contributed by atoms with Gasteiger partial charge in [-0.2, -0.15) is 4.31 Å². The Morgan fingerprint density at radius 1 is 1.57 bits per heavy atom. The third-order valence-corrected chi connectivity index (χ3v) is 5.72. The van der Waals surface area contributed by atoms with E-state index in [1.165, 1.54) is 11.3 Å². The fraction of sp³-hybridized carbons (Fsp3) is 0.556. The van der Waals surface area contributed by atoms with Gasteiger partial charge in [0.1, 0.15) is 4.21 Å². The molecule has 14 heavy (non-hydrogen) atoms. The van der Waals surface area contributed by atoms with E-state index in [9.17, 15) is 8.42 Å². The van der Waals surface area contributed by atoms with E-state index in [2.05, 4.69) is 0 Å². The molecule has 0 atom stereocenters. The summed E-state index contributed by atoms with van der Waals surface area (Å²) in [6, 6.07) is 3.70. The first-order chi connectivity index (χ1) is 6.66. The molecule has 0 aromatic carbocycles. The Kier molecular flexibility index (Phi) is 2.64. The lowest BCUT2D eigenvalue weighted by atomic mass is 10.6. The molecular weight excluding hydrogens is 218 g/mol. The van der Waals surface area contributed by atoms with Crippen molar-refractivity contribution in [3.8, 4) is 0 Å². The molecule has 0 aliphatic heterocycles. The predicted molar refractivity (Wildman–Crippen MR) is 56.9 cm³/mol. The molecule has 1 aliphatic carbocycles. The van der Waals surface area contributed by atoms with Gasteiger partial charge in [0.15, 0.2) is 0 Å². The van der Waals surface area contributed by atoms with Crippen LogP contribution in [0.2, 0.25) is 0 Å². The van der Waals surface area contributed by atoms with Gasteiger partial charge in [-0.25, -0.2) is 8.42 Å². The fourth-order valence-electron chi connectivity index (χ4n) is 1.51. The van der Waals surface area contributed by atoms with E-state index in [1.54, 1.807) is 21.8 Å². The Labute approximate surface area is 88.4 Å². The van der Waals surface area contributed by atoms with Gasteiger partial charge in [-0.15, -0.1) is 11.3 Å². The summed E-state index contributed by atoms with van der Waals surface area (Å²) >= 11 is 1.29. The van der Waals surface area contributed by atoms with Gasteiger partial charge in [-0.05, 0) is 24.3 Å². The lowest BCUT2D eigenvalue weighted by molar-refractivity contribution is 0.422. The number of thiophene rings is 1. The smallest absolute Gasteiger partial charge is 0.206 e. The molecule has 5 heteroatoms. The van der Waals surface area contributed by atoms with Crippen molar-refractivity contribution in [3.63, 3.8) is 0 Å². The molecule has 2 rings (SSSR count). The standard InChI is InChI=1S/C9H13NO2S2/c1-2-10(8-5-6-8)14(11,12)9-4-3-7-13-9/h3-4,7-8H,2,5-6H2,1H3. The van der Waals surface area contributed by atoms with Crippen LogP contribution in [0, 0.1) is 0 Å². The topological polar surface area (TPSA) is 37.4 Å². The average molecular weight is 231 g/mol. The lowest BCUT2D eigenvalue weighted by Gasteiger charge is -2.18. The van der Waals surface area contributed by atoms with E-state index in [1.807, 2.05) is 6.92 Å². The molecule has 0 spiro atoms. The highest BCUT2D eigenvalue weighted by Crippen LogP contribution is 2.32. The Morgan fingerprint density at radius 2 is 2.29 bits per heavy atom. The molecule has 78 valence electrons. The molecule has 0 unspecified atom stereocenters. The zero-order chi connectivity index (χ0) is 10.2. The van der Waals surface area contributed by atoms with Crippen molar-refractivity contribution >= 4 is 21.4 Å². The minimum atomic E-state index is -3.19. The zero-order valence-electron chi connectivity index (χ0n) is 8.01. The summed E-state index contributed by atoms with van der Waals surface area (Å²) in [7, 11) is -3.19. The van der Waals surface area contributed by atoms with Crippen molar-refractivity contribution in [2.24, 2.45) is 0 Å². The lowest BCUT2D eigenvalue weighted by Crippen LogP contribution is -2.32. The van der Waals surface area contributed by atoms with Crippen molar-refractivity contribution in [3.05, 3.63) is 17.5 Å². The minimum absolute atomic E-state index is 0.257. The Balaban J connectivity index is 2.30. The van der Waals surface area contributed by atoms with Crippen LogP contribution in [0.5, 0.6) is 0 Å². The first-order valence-corrected chi connectivity index (χ1v) is 7.03. The molecule has 0 N–H and O–H groups in total. The normalized spacial score (nSPS) is 17.6. The number of sulfonamides is 1. The van der Waals surface area contributed by atoms with Gasteiger partial charge < -0.3 is 0 Å². The van der Waals surface area contributed by atoms with Crippen molar-refractivity contribution in [2.45, 2.75) is 30.0 Å². The van der Waals surface area contributed by atoms with Gasteiger partial charge in [0, 0.05) is 12.6 Å². The average Bonchev–Trinajstić information content (AvgIpc) is 2.82. The monoisotopic (exact) mass is 231 g/mol. The van der Waals surface area contributed by atoms with E-state index in [0.717, 1.165) is 12.8 Å². The van der Waals surface area contributed by atoms with E-state index < -0.39 is 10.0 Å². The summed E-state index contributed by atoms with van der Waals surface area (Å²) < 4.78 is 26.2. The SMILES string of the molecule is CCN(C1CC1)S(=O)(=O)c1cccs1. The summed E-state index contributed by atoms with van der Waals surface area (Å²) in [6.45, 7) is 2.47. The molecule has 1 aromatic heterocycles. The first-order valence-electron chi connectivity index (χ1n) is 4.71. The molecule has 3 nitrogen and oxygen atoms in total. The quantitative estimate of drug-likeness (QED) is 0.794. The second-order valence-electron chi connectivity index (χ2n) is 3.37. The van der Waals surface area contributed by atoms with Crippen LogP contribution >= 0.6 is 11.3 Å². The maximum atomic E-state index is 12.0. The maximum absolute atomic E-state index is 12.0. The highest BCUT2D eigenvalue weighted by molar-refractivity contribution is 7.91. The second kappa shape index (κ2) is 3.64. The zero-order valence-corrected chi connectivity index (χ0v) is 9.64. The van der Waals surface area contributed by atoms with Crippen LogP contribution in [-0.4, -0.2) is 25.3 Å². The van der Waals surface area contributed by atoms with E-state index in [4.69, 9.17) is 0 Å². The molecule has 1 heterocycles. The number of nitrogens with zero attached hydrogens (tertiary/aromatic N) is 1. The summed E-state index contributed by atoms with van der Waals surface area (Å²) in [5.74, 6) is 0. The third-order valence-electron chi connectivity index (χ3n) is 2.32. The second-order valence-corrected chi connectivity index (χ2v) is 6.44. The molecule has 1 aromatic rings. The third kappa shape index (κ3) is 1.71. The van der Waals surface area contributed by atoms with Crippen molar-refractivity contribution in [1.82, 2.24) is 4.31 Å². The van der Waals surface area contributed by atoms with Crippen LogP contribution in [0.4, 0.5) is 0 Å². The van der Waals surface area contributed by atoms with Gasteiger partial charge in [0.05, 0.1) is 0 Å². The molecule has 1 fully saturated rings. The van der Waals surface area contributed by atoms with E-state index in [0.29, 0.717) is 10.8 Å². The van der Waals surface area contributed by atoms with Gasteiger partial charge in [0.25, 0.3) is 10.0 Å². The summed E-state index contributed by atoms with van der Waals surface area (Å²) in [5, 5.41) is 1.80. The molecule has 0 radical (unpaired) electrons. The number of rotatable bonds is 4. The molecule has 1 aliphatic rings. The highest BCUT2D eigenvalue weighted by Gasteiger charge is 2.37. The first kappa shape index (κ1) is 10.1. The van der Waals surface area contributed by atoms with Crippen LogP contribution in [0.15, 0.2) is 21.7 Å². The Bertz CT molecular complexity index is 392. The predicted octanol–water partition coefficient (Wildman–Crippen LogP) is 1.92. The summed E-state index contributed by atoms with van der Waals surface area (Å²) in [5.41, 5.74) is 0. The maximum Gasteiger partial charge on any atom is 0.252 e. The van der Waals surface area contributed by atoms with E-state index in [-0.39, 0.29) is 6.04 Å². The van der Waals surface area contributed by atoms with Crippen molar-refractivity contribution in [2.75, 3.05) is 6.54 Å². The van der Waals surface area contributed by atoms with Crippen molar-refractivity contribution < 1.29 is 8.42 Å². The van der Waals surface area contributed by atoms with Crippen LogP contribution in [0.1, 0.15) is 19.8 Å². The summed E-state index contributed by atoms with van der Waals surface area (Å²) in [6.07, 6.45) is 2.02. The molecule has 0 bridgehead atoms. The van der Waals surface area contributed by atoms with Gasteiger partial charge in [-0.3, -0.25) is 0 Å². The molecule has 0 amide bonds. The van der Waals surface area contributed by atoms with Gasteiger partial charge in [0.2, 0.25) is 0 Å². The largest absolute Gasteiger partial charge is 0.252 e. The van der Waals surface area contributed by atoms with Gasteiger partial charge in [-0.1, -0.05) is 13.0 Å². The highest BCUT2D eigenvalue weighted by atomic mass is 32.2.